The molecule has 1 aliphatic heterocycles. The molecule has 1 aliphatic rings. The number of oxime groups is 1. The molecule has 0 aliphatic carbocycles. The van der Waals surface area contributed by atoms with Crippen LogP contribution in [0.15, 0.2) is 23.4 Å². The number of piperidine rings is 1. The molecule has 1 saturated heterocycles. The van der Waals surface area contributed by atoms with Gasteiger partial charge >= 0.3 is 0 Å². The summed E-state index contributed by atoms with van der Waals surface area (Å²) in [4.78, 5) is 2.25. The molecule has 0 aromatic heterocycles. The van der Waals surface area contributed by atoms with E-state index in [0.717, 1.165) is 43.1 Å². The molecule has 2 rings (SSSR count). The Morgan fingerprint density at radius 3 is 3.00 bits per heavy atom. The molecule has 0 bridgehead atoms. The highest BCUT2D eigenvalue weighted by molar-refractivity contribution is 6.33. The Morgan fingerprint density at radius 2 is 2.26 bits per heavy atom. The molecule has 1 aromatic rings. The molecule has 1 unspecified atom stereocenters. The molecule has 1 fully saturated rings. The molecule has 0 saturated carbocycles. The van der Waals surface area contributed by atoms with Gasteiger partial charge in [0.05, 0.1) is 0 Å². The maximum Gasteiger partial charge on any atom is 0.143 e. The van der Waals surface area contributed by atoms with Gasteiger partial charge in [-0.3, -0.25) is 4.90 Å². The highest BCUT2D eigenvalue weighted by atomic mass is 35.5. The predicted octanol–water partition coefficient (Wildman–Crippen LogP) is 2.95. The molecule has 6 heteroatoms. The van der Waals surface area contributed by atoms with Gasteiger partial charge in [-0.1, -0.05) is 28.4 Å². The van der Waals surface area contributed by atoms with E-state index in [1.165, 1.54) is 0 Å². The first-order valence-electron chi connectivity index (χ1n) is 6.24. The third kappa shape index (κ3) is 3.75. The van der Waals surface area contributed by atoms with E-state index in [2.05, 4.69) is 10.1 Å². The lowest BCUT2D eigenvalue weighted by Gasteiger charge is -2.32. The van der Waals surface area contributed by atoms with E-state index >= 15 is 0 Å². The molecule has 4 nitrogen and oxygen atoms in total. The SMILES string of the molecule is NC(=NO)C1CCCN(Cc2cc(Cl)ccc2Cl)C1. The van der Waals surface area contributed by atoms with Crippen LogP contribution in [0.3, 0.4) is 0 Å². The normalized spacial score (nSPS) is 21.6. The number of nitrogens with two attached hydrogens (primary N) is 1. The largest absolute Gasteiger partial charge is 0.409 e. The second kappa shape index (κ2) is 6.46. The van der Waals surface area contributed by atoms with Crippen molar-refractivity contribution in [2.75, 3.05) is 13.1 Å². The Hall–Kier alpha value is -0.970. The fraction of sp³-hybridized carbons (Fsp3) is 0.462. The molecule has 104 valence electrons. The van der Waals surface area contributed by atoms with E-state index in [-0.39, 0.29) is 5.92 Å². The fourth-order valence-corrected chi connectivity index (χ4v) is 2.80. The lowest BCUT2D eigenvalue weighted by Crippen LogP contribution is -2.40. The van der Waals surface area contributed by atoms with Crippen molar-refractivity contribution in [3.05, 3.63) is 33.8 Å². The molecular weight excluding hydrogens is 285 g/mol. The molecule has 0 spiro atoms. The number of nitrogens with zero attached hydrogens (tertiary/aromatic N) is 2. The Morgan fingerprint density at radius 1 is 1.47 bits per heavy atom. The topological polar surface area (TPSA) is 61.9 Å². The first kappa shape index (κ1) is 14.4. The van der Waals surface area contributed by atoms with E-state index in [0.29, 0.717) is 10.9 Å². The van der Waals surface area contributed by atoms with Crippen molar-refractivity contribution in [2.24, 2.45) is 16.8 Å². The monoisotopic (exact) mass is 301 g/mol. The lowest BCUT2D eigenvalue weighted by atomic mass is 9.96. The van der Waals surface area contributed by atoms with Gasteiger partial charge in [0.2, 0.25) is 0 Å². The zero-order chi connectivity index (χ0) is 13.8. The van der Waals surface area contributed by atoms with Crippen LogP contribution in [0.25, 0.3) is 0 Å². The summed E-state index contributed by atoms with van der Waals surface area (Å²) in [5, 5.41) is 13.3. The summed E-state index contributed by atoms with van der Waals surface area (Å²) in [5.41, 5.74) is 6.69. The number of likely N-dealkylation sites (tertiary alicyclic amines) is 1. The molecule has 19 heavy (non-hydrogen) atoms. The van der Waals surface area contributed by atoms with Crippen molar-refractivity contribution >= 4 is 29.0 Å². The molecule has 3 N–H and O–H groups in total. The summed E-state index contributed by atoms with van der Waals surface area (Å²) in [6.45, 7) is 2.49. The molecule has 1 heterocycles. The minimum absolute atomic E-state index is 0.108. The Kier molecular flexibility index (Phi) is 4.91. The Bertz CT molecular complexity index is 479. The van der Waals surface area contributed by atoms with Gasteiger partial charge < -0.3 is 10.9 Å². The van der Waals surface area contributed by atoms with E-state index in [4.69, 9.17) is 34.1 Å². The van der Waals surface area contributed by atoms with Crippen LogP contribution < -0.4 is 5.73 Å². The van der Waals surface area contributed by atoms with Crippen LogP contribution in [0, 0.1) is 5.92 Å². The Balaban J connectivity index is 2.04. The van der Waals surface area contributed by atoms with Gasteiger partial charge in [0.1, 0.15) is 5.84 Å². The number of rotatable bonds is 3. The van der Waals surface area contributed by atoms with Crippen molar-refractivity contribution in [1.82, 2.24) is 4.90 Å². The minimum atomic E-state index is 0.108. The maximum absolute atomic E-state index is 8.75. The van der Waals surface area contributed by atoms with Crippen LogP contribution >= 0.6 is 23.2 Å². The van der Waals surface area contributed by atoms with E-state index < -0.39 is 0 Å². The second-order valence-electron chi connectivity index (χ2n) is 4.83. The van der Waals surface area contributed by atoms with Crippen LogP contribution in [0.1, 0.15) is 18.4 Å². The zero-order valence-electron chi connectivity index (χ0n) is 10.5. The van der Waals surface area contributed by atoms with Crippen molar-refractivity contribution < 1.29 is 5.21 Å². The van der Waals surface area contributed by atoms with Gasteiger partial charge in [-0.2, -0.15) is 0 Å². The summed E-state index contributed by atoms with van der Waals surface area (Å²) in [5.74, 6) is 0.415. The van der Waals surface area contributed by atoms with Crippen molar-refractivity contribution in [3.8, 4) is 0 Å². The summed E-state index contributed by atoms with van der Waals surface area (Å²) in [6, 6.07) is 5.48. The van der Waals surface area contributed by atoms with Crippen LogP contribution in [-0.4, -0.2) is 29.0 Å². The van der Waals surface area contributed by atoms with E-state index in [1.807, 2.05) is 12.1 Å². The highest BCUT2D eigenvalue weighted by Gasteiger charge is 2.23. The van der Waals surface area contributed by atoms with Crippen LogP contribution in [0.2, 0.25) is 10.0 Å². The number of halogens is 2. The maximum atomic E-state index is 8.75. The zero-order valence-corrected chi connectivity index (χ0v) is 12.0. The molecular formula is C13H17Cl2N3O. The average molecular weight is 302 g/mol. The Labute approximate surface area is 122 Å². The van der Waals surface area contributed by atoms with E-state index in [9.17, 15) is 0 Å². The average Bonchev–Trinajstić information content (AvgIpc) is 2.42. The molecule has 0 amide bonds. The number of hydrogen-bond donors (Lipinski definition) is 2. The summed E-state index contributed by atoms with van der Waals surface area (Å²) in [7, 11) is 0. The van der Waals surface area contributed by atoms with Crippen molar-refractivity contribution in [2.45, 2.75) is 19.4 Å². The highest BCUT2D eigenvalue weighted by Crippen LogP contribution is 2.24. The standard InChI is InChI=1S/C13H17Cl2N3O/c14-11-3-4-12(15)10(6-11)8-18-5-1-2-9(7-18)13(16)17-19/h3-4,6,9,19H,1-2,5,7-8H2,(H2,16,17). The second-order valence-corrected chi connectivity index (χ2v) is 5.68. The predicted molar refractivity (Wildman–Crippen MR) is 77.9 cm³/mol. The van der Waals surface area contributed by atoms with Crippen molar-refractivity contribution in [1.29, 1.82) is 0 Å². The fourth-order valence-electron chi connectivity index (χ4n) is 2.43. The first-order chi connectivity index (χ1) is 9.10. The molecule has 1 atom stereocenters. The van der Waals surface area contributed by atoms with Gasteiger partial charge in [0.15, 0.2) is 0 Å². The van der Waals surface area contributed by atoms with Gasteiger partial charge in [0.25, 0.3) is 0 Å². The van der Waals surface area contributed by atoms with Gasteiger partial charge in [-0.15, -0.1) is 0 Å². The molecule has 0 radical (unpaired) electrons. The number of benzene rings is 1. The lowest BCUT2D eigenvalue weighted by molar-refractivity contribution is 0.193. The van der Waals surface area contributed by atoms with Crippen LogP contribution in [-0.2, 0) is 6.54 Å². The van der Waals surface area contributed by atoms with Crippen LogP contribution in [0.5, 0.6) is 0 Å². The third-order valence-electron chi connectivity index (χ3n) is 3.44. The quantitative estimate of drug-likeness (QED) is 0.390. The van der Waals surface area contributed by atoms with Crippen molar-refractivity contribution in [3.63, 3.8) is 0 Å². The number of amidine groups is 1. The summed E-state index contributed by atoms with van der Waals surface area (Å²) >= 11 is 12.2. The first-order valence-corrected chi connectivity index (χ1v) is 6.99. The third-order valence-corrected chi connectivity index (χ3v) is 4.04. The van der Waals surface area contributed by atoms with E-state index in [1.54, 1.807) is 6.07 Å². The summed E-state index contributed by atoms with van der Waals surface area (Å²) < 4.78 is 0. The van der Waals surface area contributed by atoms with Gasteiger partial charge in [0, 0.05) is 29.1 Å². The van der Waals surface area contributed by atoms with Gasteiger partial charge in [-0.25, -0.2) is 0 Å². The smallest absolute Gasteiger partial charge is 0.143 e. The van der Waals surface area contributed by atoms with Gasteiger partial charge in [-0.05, 0) is 43.1 Å². The summed E-state index contributed by atoms with van der Waals surface area (Å²) in [6.07, 6.45) is 1.98. The molecule has 1 aromatic carbocycles. The number of hydrogen-bond acceptors (Lipinski definition) is 3. The van der Waals surface area contributed by atoms with Crippen LogP contribution in [0.4, 0.5) is 0 Å². The minimum Gasteiger partial charge on any atom is -0.409 e.